The van der Waals surface area contributed by atoms with Crippen LogP contribution in [-0.4, -0.2) is 27.4 Å². The average Bonchev–Trinajstić information content (AvgIpc) is 2.81. The number of carbonyl (C=O) groups is 1. The van der Waals surface area contributed by atoms with Gasteiger partial charge in [0.2, 0.25) is 18.3 Å². The topological polar surface area (TPSA) is 79.8 Å². The molecule has 0 aliphatic heterocycles. The minimum absolute atomic E-state index is 0.234. The molecule has 0 spiro atoms. The maximum atomic E-state index is 10.5. The van der Waals surface area contributed by atoms with Crippen LogP contribution in [0.15, 0.2) is 11.4 Å². The summed E-state index contributed by atoms with van der Waals surface area (Å²) in [4.78, 5) is 24.3. The molecule has 2 aromatic rings. The van der Waals surface area contributed by atoms with Crippen LogP contribution in [0.25, 0.3) is 0 Å². The minimum atomic E-state index is 0.234. The zero-order valence-electron chi connectivity index (χ0n) is 12.4. The highest BCUT2D eigenvalue weighted by Gasteiger charge is 2.09. The Kier molecular flexibility index (Phi) is 5.21. The number of rotatable bonds is 7. The fraction of sp³-hybridized carbons (Fsp3) is 0.429. The van der Waals surface area contributed by atoms with E-state index in [1.54, 1.807) is 18.3 Å². The van der Waals surface area contributed by atoms with E-state index in [1.165, 1.54) is 10.4 Å². The van der Waals surface area contributed by atoms with Crippen molar-refractivity contribution in [3.05, 3.63) is 27.7 Å². The molecule has 0 saturated carbocycles. The van der Waals surface area contributed by atoms with Gasteiger partial charge in [-0.25, -0.2) is 0 Å². The van der Waals surface area contributed by atoms with Gasteiger partial charge in [0.25, 0.3) is 0 Å². The second-order valence-corrected chi connectivity index (χ2v) is 5.90. The Morgan fingerprint density at radius 1 is 1.29 bits per heavy atom. The van der Waals surface area contributed by atoms with Crippen molar-refractivity contribution >= 4 is 29.6 Å². The number of amides is 1. The van der Waals surface area contributed by atoms with Gasteiger partial charge >= 0.3 is 0 Å². The second kappa shape index (κ2) is 7.12. The normalized spacial score (nSPS) is 12.0. The van der Waals surface area contributed by atoms with Crippen molar-refractivity contribution in [1.29, 1.82) is 0 Å². The van der Waals surface area contributed by atoms with Crippen molar-refractivity contribution in [1.82, 2.24) is 15.0 Å². The zero-order chi connectivity index (χ0) is 15.2. The summed E-state index contributed by atoms with van der Waals surface area (Å²) in [5.74, 6) is 1.32. The number of nitrogens with one attached hydrogen (secondary N) is 2. The van der Waals surface area contributed by atoms with Crippen molar-refractivity contribution in [2.45, 2.75) is 39.7 Å². The molecule has 0 radical (unpaired) electrons. The zero-order valence-corrected chi connectivity index (χ0v) is 13.2. The summed E-state index contributed by atoms with van der Waals surface area (Å²) in [6, 6.07) is 2.38. The van der Waals surface area contributed by atoms with Crippen molar-refractivity contribution in [2.75, 3.05) is 10.6 Å². The van der Waals surface area contributed by atoms with Gasteiger partial charge in [-0.15, -0.1) is 11.3 Å². The fourth-order valence-electron chi connectivity index (χ4n) is 1.96. The van der Waals surface area contributed by atoms with Gasteiger partial charge < -0.3 is 5.32 Å². The number of carbonyl (C=O) groups excluding carboxylic acids is 1. The quantitative estimate of drug-likeness (QED) is 0.768. The number of aromatic nitrogens is 3. The summed E-state index contributed by atoms with van der Waals surface area (Å²) >= 11 is 1.79. The number of hydrogen-bond acceptors (Lipinski definition) is 6. The van der Waals surface area contributed by atoms with Crippen LogP contribution in [0.4, 0.5) is 11.9 Å². The maximum Gasteiger partial charge on any atom is 0.234 e. The number of aryl methyl sites for hydroxylation is 3. The first-order chi connectivity index (χ1) is 10.1. The lowest BCUT2D eigenvalue weighted by Gasteiger charge is -2.14. The van der Waals surface area contributed by atoms with Gasteiger partial charge in [0, 0.05) is 10.9 Å². The Morgan fingerprint density at radius 2 is 2.05 bits per heavy atom. The SMILES string of the molecule is Cc1nc(NC=O)nc(NC(C)CCc2sccc2C)n1. The summed E-state index contributed by atoms with van der Waals surface area (Å²) < 4.78 is 0. The molecule has 21 heavy (non-hydrogen) atoms. The van der Waals surface area contributed by atoms with E-state index in [1.807, 2.05) is 0 Å². The van der Waals surface area contributed by atoms with Crippen molar-refractivity contribution in [3.8, 4) is 0 Å². The fourth-order valence-corrected chi connectivity index (χ4v) is 2.89. The van der Waals surface area contributed by atoms with Gasteiger partial charge in [-0.2, -0.15) is 15.0 Å². The molecule has 0 bridgehead atoms. The van der Waals surface area contributed by atoms with Gasteiger partial charge in [0.05, 0.1) is 0 Å². The van der Waals surface area contributed by atoms with Gasteiger partial charge in [-0.05, 0) is 50.6 Å². The summed E-state index contributed by atoms with van der Waals surface area (Å²) in [7, 11) is 0. The lowest BCUT2D eigenvalue weighted by molar-refractivity contribution is -0.105. The molecule has 0 saturated heterocycles. The smallest absolute Gasteiger partial charge is 0.234 e. The lowest BCUT2D eigenvalue weighted by atomic mass is 10.1. The molecule has 2 heterocycles. The van der Waals surface area contributed by atoms with E-state index in [-0.39, 0.29) is 12.0 Å². The standard InChI is InChI=1S/C14H19N5OS/c1-9-6-7-21-12(9)5-4-10(2)16-14-18-11(3)17-13(19-14)15-8-20/h6-8,10H,4-5H2,1-3H3,(H2,15,16,17,18,19,20). The predicted octanol–water partition coefficient (Wildman–Crippen LogP) is 2.55. The van der Waals surface area contributed by atoms with Gasteiger partial charge in [-0.1, -0.05) is 0 Å². The Labute approximate surface area is 128 Å². The molecule has 112 valence electrons. The van der Waals surface area contributed by atoms with Crippen LogP contribution in [0.5, 0.6) is 0 Å². The molecule has 7 heteroatoms. The average molecular weight is 305 g/mol. The predicted molar refractivity (Wildman–Crippen MR) is 84.7 cm³/mol. The highest BCUT2D eigenvalue weighted by Crippen LogP contribution is 2.18. The molecule has 1 unspecified atom stereocenters. The van der Waals surface area contributed by atoms with E-state index >= 15 is 0 Å². The molecular formula is C14H19N5OS. The van der Waals surface area contributed by atoms with E-state index in [0.29, 0.717) is 18.2 Å². The highest BCUT2D eigenvalue weighted by molar-refractivity contribution is 7.10. The summed E-state index contributed by atoms with van der Waals surface area (Å²) in [6.45, 7) is 5.99. The first kappa shape index (κ1) is 15.4. The Bertz CT molecular complexity index is 613. The Hall–Kier alpha value is -2.02. The highest BCUT2D eigenvalue weighted by atomic mass is 32.1. The van der Waals surface area contributed by atoms with Crippen LogP contribution in [0.1, 0.15) is 29.6 Å². The molecule has 2 rings (SSSR count). The van der Waals surface area contributed by atoms with Crippen LogP contribution in [0.3, 0.4) is 0 Å². The van der Waals surface area contributed by atoms with Crippen LogP contribution in [0, 0.1) is 13.8 Å². The Balaban J connectivity index is 1.94. The molecule has 0 aliphatic rings. The second-order valence-electron chi connectivity index (χ2n) is 4.90. The minimum Gasteiger partial charge on any atom is -0.352 e. The molecule has 1 amide bonds. The first-order valence-electron chi connectivity index (χ1n) is 6.81. The van der Waals surface area contributed by atoms with E-state index in [2.05, 4.69) is 50.9 Å². The molecule has 2 aromatic heterocycles. The van der Waals surface area contributed by atoms with Crippen LogP contribution >= 0.6 is 11.3 Å². The molecule has 1 atom stereocenters. The monoisotopic (exact) mass is 305 g/mol. The lowest BCUT2D eigenvalue weighted by Crippen LogP contribution is -2.19. The van der Waals surface area contributed by atoms with Crippen molar-refractivity contribution in [3.63, 3.8) is 0 Å². The van der Waals surface area contributed by atoms with Crippen LogP contribution in [0.2, 0.25) is 0 Å². The molecule has 6 nitrogen and oxygen atoms in total. The van der Waals surface area contributed by atoms with Gasteiger partial charge in [-0.3, -0.25) is 10.1 Å². The summed E-state index contributed by atoms with van der Waals surface area (Å²) in [6.07, 6.45) is 2.57. The van der Waals surface area contributed by atoms with E-state index in [4.69, 9.17) is 0 Å². The third kappa shape index (κ3) is 4.49. The van der Waals surface area contributed by atoms with E-state index in [9.17, 15) is 4.79 Å². The third-order valence-corrected chi connectivity index (χ3v) is 4.17. The Morgan fingerprint density at radius 3 is 2.71 bits per heavy atom. The van der Waals surface area contributed by atoms with Gasteiger partial charge in [0.1, 0.15) is 5.82 Å². The third-order valence-electron chi connectivity index (χ3n) is 3.08. The molecule has 0 fully saturated rings. The van der Waals surface area contributed by atoms with Crippen LogP contribution in [-0.2, 0) is 11.2 Å². The molecule has 0 aromatic carbocycles. The maximum absolute atomic E-state index is 10.5. The summed E-state index contributed by atoms with van der Waals surface area (Å²) in [5, 5.41) is 7.81. The number of thiophene rings is 1. The molecular weight excluding hydrogens is 286 g/mol. The largest absolute Gasteiger partial charge is 0.352 e. The van der Waals surface area contributed by atoms with Crippen molar-refractivity contribution < 1.29 is 4.79 Å². The number of anilines is 2. The first-order valence-corrected chi connectivity index (χ1v) is 7.69. The van der Waals surface area contributed by atoms with Crippen LogP contribution < -0.4 is 10.6 Å². The number of nitrogens with zero attached hydrogens (tertiary/aromatic N) is 3. The van der Waals surface area contributed by atoms with Gasteiger partial charge in [0.15, 0.2) is 0 Å². The molecule has 2 N–H and O–H groups in total. The van der Waals surface area contributed by atoms with E-state index < -0.39 is 0 Å². The van der Waals surface area contributed by atoms with E-state index in [0.717, 1.165) is 12.8 Å². The summed E-state index contributed by atoms with van der Waals surface area (Å²) in [5.41, 5.74) is 1.35. The molecule has 0 aliphatic carbocycles. The van der Waals surface area contributed by atoms with Crippen molar-refractivity contribution in [2.24, 2.45) is 0 Å². The number of hydrogen-bond donors (Lipinski definition) is 2.